The number of esters is 1. The smallest absolute Gasteiger partial charge is 0.416 e. The first-order chi connectivity index (χ1) is 20.7. The molecular formula is C28H30F6N8O2. The molecule has 3 heterocycles. The van der Waals surface area contributed by atoms with Gasteiger partial charge in [-0.3, -0.25) is 10.1 Å². The van der Waals surface area contributed by atoms with Crippen LogP contribution in [0.2, 0.25) is 0 Å². The summed E-state index contributed by atoms with van der Waals surface area (Å²) in [6.07, 6.45) is -1.96. The summed E-state index contributed by atoms with van der Waals surface area (Å²) in [5.41, 5.74) is 3.58. The molecule has 2 aromatic heterocycles. The predicted octanol–water partition coefficient (Wildman–Crippen LogP) is 4.77. The molecule has 0 saturated carbocycles. The average molecular weight is 625 g/mol. The van der Waals surface area contributed by atoms with E-state index in [0.717, 1.165) is 13.3 Å². The molecule has 0 aliphatic carbocycles. The number of ether oxygens (including phenoxy) is 1. The largest absolute Gasteiger partial charge is 0.465 e. The molecular weight excluding hydrogens is 594 g/mol. The number of carbonyl (C=O) groups is 1. The fourth-order valence-corrected chi connectivity index (χ4v) is 5.15. The van der Waals surface area contributed by atoms with E-state index in [-0.39, 0.29) is 41.6 Å². The number of anilines is 1. The Morgan fingerprint density at radius 2 is 1.70 bits per heavy atom. The van der Waals surface area contributed by atoms with Crippen LogP contribution in [0.15, 0.2) is 54.8 Å². The highest BCUT2D eigenvalue weighted by Gasteiger charge is 2.40. The van der Waals surface area contributed by atoms with Crippen LogP contribution in [0, 0.1) is 5.41 Å². The van der Waals surface area contributed by atoms with Crippen molar-refractivity contribution in [2.45, 2.75) is 50.7 Å². The van der Waals surface area contributed by atoms with Gasteiger partial charge in [-0.2, -0.15) is 31.4 Å². The summed E-state index contributed by atoms with van der Waals surface area (Å²) >= 11 is 0. The number of nitrogens with two attached hydrogens (primary N) is 1. The molecule has 1 unspecified atom stereocenters. The van der Waals surface area contributed by atoms with Crippen molar-refractivity contribution >= 4 is 17.8 Å². The number of aromatic nitrogens is 4. The van der Waals surface area contributed by atoms with Gasteiger partial charge in [0.05, 0.1) is 30.5 Å². The molecule has 10 nitrogen and oxygen atoms in total. The molecule has 236 valence electrons. The average Bonchev–Trinajstić information content (AvgIpc) is 3.61. The highest BCUT2D eigenvalue weighted by molar-refractivity contribution is 6.17. The molecule has 1 fully saturated rings. The van der Waals surface area contributed by atoms with Crippen LogP contribution in [-0.2, 0) is 35.5 Å². The number of hydrogen-bond acceptors (Lipinski definition) is 8. The number of nitrogens with zero attached hydrogens (tertiary/aromatic N) is 6. The molecule has 16 heteroatoms. The van der Waals surface area contributed by atoms with E-state index in [1.54, 1.807) is 29.0 Å². The fraction of sp³-hybridized carbons (Fsp3) is 0.393. The number of nitrogens with one attached hydrogen (secondary N) is 1. The first-order valence-corrected chi connectivity index (χ1v) is 13.4. The highest BCUT2D eigenvalue weighted by atomic mass is 19.4. The maximum atomic E-state index is 13.6. The zero-order chi connectivity index (χ0) is 32.4. The lowest BCUT2D eigenvalue weighted by molar-refractivity contribution is -0.143. The summed E-state index contributed by atoms with van der Waals surface area (Å²) in [4.78, 5) is 24.2. The standard InChI is InChI=1S/C28H30F6N8O2/c1-4-21-8-22(15-41(21)24(36)23(9-35)25(43)44-3)42(26-37-10-17(11-38-26)18-12-39-40(2)14-18)13-16-5-19(27(29,30)31)7-20(6-16)28(32,33)34/h5-7,9-12,14,21-22,36H,4,8,13,15,35H2,1-3H3/t21-,22?/m1/s1. The molecule has 4 rings (SSSR count). The van der Waals surface area contributed by atoms with Crippen molar-refractivity contribution < 1.29 is 35.9 Å². The van der Waals surface area contributed by atoms with Crippen LogP contribution in [0.25, 0.3) is 11.1 Å². The zero-order valence-electron chi connectivity index (χ0n) is 23.9. The minimum atomic E-state index is -5.02. The van der Waals surface area contributed by atoms with Gasteiger partial charge >= 0.3 is 18.3 Å². The second-order valence-corrected chi connectivity index (χ2v) is 10.2. The summed E-state index contributed by atoms with van der Waals surface area (Å²) in [6.45, 7) is 1.52. The van der Waals surface area contributed by atoms with Gasteiger partial charge in [-0.05, 0) is 36.6 Å². The van der Waals surface area contributed by atoms with E-state index in [0.29, 0.717) is 36.1 Å². The van der Waals surface area contributed by atoms with Gasteiger partial charge in [0, 0.05) is 62.1 Å². The van der Waals surface area contributed by atoms with Gasteiger partial charge in [-0.1, -0.05) is 6.92 Å². The number of carbonyl (C=O) groups excluding carboxylic acids is 1. The molecule has 2 atom stereocenters. The van der Waals surface area contributed by atoms with E-state index >= 15 is 0 Å². The van der Waals surface area contributed by atoms with E-state index in [1.807, 2.05) is 6.92 Å². The van der Waals surface area contributed by atoms with Gasteiger partial charge in [-0.25, -0.2) is 14.8 Å². The molecule has 3 N–H and O–H groups in total. The summed E-state index contributed by atoms with van der Waals surface area (Å²) < 4.78 is 88.2. The number of methoxy groups -OCH3 is 1. The Labute approximate surface area is 248 Å². The Morgan fingerprint density at radius 1 is 1.09 bits per heavy atom. The van der Waals surface area contributed by atoms with Crippen LogP contribution in [0.3, 0.4) is 0 Å². The Hall–Kier alpha value is -4.63. The van der Waals surface area contributed by atoms with Crippen LogP contribution in [0.4, 0.5) is 32.3 Å². The number of rotatable bonds is 8. The molecule has 1 saturated heterocycles. The van der Waals surface area contributed by atoms with Gasteiger partial charge in [-0.15, -0.1) is 0 Å². The first kappa shape index (κ1) is 32.3. The van der Waals surface area contributed by atoms with E-state index in [2.05, 4.69) is 15.1 Å². The molecule has 3 aromatic rings. The van der Waals surface area contributed by atoms with Gasteiger partial charge < -0.3 is 20.3 Å². The predicted molar refractivity (Wildman–Crippen MR) is 148 cm³/mol. The Bertz CT molecular complexity index is 1500. The van der Waals surface area contributed by atoms with Crippen molar-refractivity contribution in [2.24, 2.45) is 12.8 Å². The van der Waals surface area contributed by atoms with Crippen molar-refractivity contribution in [3.05, 3.63) is 71.4 Å². The number of benzene rings is 1. The molecule has 1 aromatic carbocycles. The van der Waals surface area contributed by atoms with Crippen molar-refractivity contribution in [3.63, 3.8) is 0 Å². The molecule has 0 spiro atoms. The lowest BCUT2D eigenvalue weighted by Crippen LogP contribution is -2.41. The van der Waals surface area contributed by atoms with Crippen LogP contribution in [0.5, 0.6) is 0 Å². The summed E-state index contributed by atoms with van der Waals surface area (Å²) in [5, 5.41) is 12.8. The van der Waals surface area contributed by atoms with E-state index in [4.69, 9.17) is 15.9 Å². The topological polar surface area (TPSA) is 126 Å². The van der Waals surface area contributed by atoms with Crippen LogP contribution < -0.4 is 10.6 Å². The first-order valence-electron chi connectivity index (χ1n) is 13.4. The van der Waals surface area contributed by atoms with Gasteiger partial charge in [0.2, 0.25) is 5.95 Å². The molecule has 0 bridgehead atoms. The minimum absolute atomic E-state index is 0.0550. The van der Waals surface area contributed by atoms with Crippen molar-refractivity contribution in [2.75, 3.05) is 18.6 Å². The van der Waals surface area contributed by atoms with E-state index in [1.165, 1.54) is 17.3 Å². The lowest BCUT2D eigenvalue weighted by atomic mass is 10.0. The quantitative estimate of drug-likeness (QED) is 0.121. The van der Waals surface area contributed by atoms with Crippen LogP contribution in [-0.4, -0.2) is 62.2 Å². The summed E-state index contributed by atoms with van der Waals surface area (Å²) in [5.74, 6) is -0.995. The maximum absolute atomic E-state index is 13.6. The van der Waals surface area contributed by atoms with Crippen molar-refractivity contribution in [3.8, 4) is 11.1 Å². The number of hydrogen-bond donors (Lipinski definition) is 2. The molecule has 1 aliphatic rings. The SMILES string of the molecule is CC[C@@H]1CC(N(Cc2cc(C(F)(F)F)cc(C(F)(F)F)c2)c2ncc(-c3cnn(C)c3)cn2)CN1C(=N)C(=CN)C(=O)OC. The second kappa shape index (κ2) is 12.5. The second-order valence-electron chi connectivity index (χ2n) is 10.2. The lowest BCUT2D eigenvalue weighted by Gasteiger charge is -2.30. The zero-order valence-corrected chi connectivity index (χ0v) is 23.9. The van der Waals surface area contributed by atoms with E-state index in [9.17, 15) is 31.1 Å². The molecule has 44 heavy (non-hydrogen) atoms. The summed E-state index contributed by atoms with van der Waals surface area (Å²) in [6, 6.07) is 0.517. The Kier molecular flexibility index (Phi) is 9.20. The minimum Gasteiger partial charge on any atom is -0.465 e. The van der Waals surface area contributed by atoms with Gasteiger partial charge in [0.15, 0.2) is 0 Å². The number of amidine groups is 1. The number of aryl methyl sites for hydroxylation is 1. The van der Waals surface area contributed by atoms with Gasteiger partial charge in [0.25, 0.3) is 0 Å². The third-order valence-corrected chi connectivity index (χ3v) is 7.35. The molecule has 1 aliphatic heterocycles. The maximum Gasteiger partial charge on any atom is 0.416 e. The van der Waals surface area contributed by atoms with Gasteiger partial charge in [0.1, 0.15) is 11.4 Å². The Balaban J connectivity index is 1.76. The fourth-order valence-electron chi connectivity index (χ4n) is 5.15. The number of alkyl halides is 6. The third kappa shape index (κ3) is 6.94. The highest BCUT2D eigenvalue weighted by Crippen LogP contribution is 2.37. The number of likely N-dealkylation sites (tertiary alicyclic amines) is 1. The monoisotopic (exact) mass is 624 g/mol. The Morgan fingerprint density at radius 3 is 2.18 bits per heavy atom. The van der Waals surface area contributed by atoms with E-state index < -0.39 is 42.0 Å². The van der Waals surface area contributed by atoms with Crippen LogP contribution in [0.1, 0.15) is 36.5 Å². The number of halogens is 6. The molecule has 0 amide bonds. The van der Waals surface area contributed by atoms with Crippen molar-refractivity contribution in [1.29, 1.82) is 5.41 Å². The van der Waals surface area contributed by atoms with Crippen molar-refractivity contribution in [1.82, 2.24) is 24.6 Å². The molecule has 0 radical (unpaired) electrons. The van der Waals surface area contributed by atoms with Crippen LogP contribution >= 0.6 is 0 Å². The third-order valence-electron chi connectivity index (χ3n) is 7.35. The summed E-state index contributed by atoms with van der Waals surface area (Å²) in [7, 11) is 2.87. The normalized spacial score (nSPS) is 17.6.